The first-order valence-electron chi connectivity index (χ1n) is 10.6. The topological polar surface area (TPSA) is 56.3 Å². The lowest BCUT2D eigenvalue weighted by Gasteiger charge is -2.38. The summed E-state index contributed by atoms with van der Waals surface area (Å²) in [5.74, 6) is -1.88. The van der Waals surface area contributed by atoms with E-state index in [2.05, 4.69) is 4.98 Å². The van der Waals surface area contributed by atoms with E-state index in [-0.39, 0.29) is 41.7 Å². The van der Waals surface area contributed by atoms with Crippen LogP contribution in [0, 0.1) is 23.4 Å². The van der Waals surface area contributed by atoms with Crippen molar-refractivity contribution < 1.29 is 23.1 Å². The third-order valence-electron chi connectivity index (χ3n) is 6.50. The molecule has 7 heteroatoms. The molecule has 2 aliphatic carbocycles. The standard InChI is InChI=1S/C24H23F3N2O2/c25-16-3-1-13(2-4-16)22-21(19-11-17(26)12-20(27)23(19)28-22)14-9-15(10-14)24(31)29(7-8-30)18-5-6-18/h1-4,11-12,14-15,18,28,30H,5-10H2. The van der Waals surface area contributed by atoms with Crippen LogP contribution in [0.15, 0.2) is 36.4 Å². The second kappa shape index (κ2) is 7.71. The average molecular weight is 428 g/mol. The fourth-order valence-electron chi connectivity index (χ4n) is 4.76. The summed E-state index contributed by atoms with van der Waals surface area (Å²) in [5, 5.41) is 9.75. The first kappa shape index (κ1) is 20.1. The van der Waals surface area contributed by atoms with E-state index in [1.807, 2.05) is 0 Å². The Morgan fingerprint density at radius 2 is 1.77 bits per heavy atom. The van der Waals surface area contributed by atoms with Crippen LogP contribution in [0.1, 0.15) is 37.2 Å². The number of H-pyrrole nitrogens is 1. The smallest absolute Gasteiger partial charge is 0.226 e. The third kappa shape index (κ3) is 3.61. The molecule has 1 heterocycles. The highest BCUT2D eigenvalue weighted by Gasteiger charge is 2.43. The van der Waals surface area contributed by atoms with Gasteiger partial charge in [-0.05, 0) is 73.1 Å². The largest absolute Gasteiger partial charge is 0.395 e. The van der Waals surface area contributed by atoms with E-state index in [1.165, 1.54) is 18.2 Å². The molecule has 2 N–H and O–H groups in total. The van der Waals surface area contributed by atoms with Crippen molar-refractivity contribution in [2.75, 3.05) is 13.2 Å². The SMILES string of the molecule is O=C(C1CC(c2c(-c3ccc(F)cc3)[nH]c3c(F)cc(F)cc23)C1)N(CCO)C1CC1. The van der Waals surface area contributed by atoms with Crippen LogP contribution in [0.2, 0.25) is 0 Å². The monoisotopic (exact) mass is 428 g/mol. The van der Waals surface area contributed by atoms with E-state index in [0.717, 1.165) is 24.5 Å². The average Bonchev–Trinajstić information content (AvgIpc) is 3.47. The first-order chi connectivity index (χ1) is 15.0. The molecular weight excluding hydrogens is 405 g/mol. The molecule has 2 aromatic carbocycles. The summed E-state index contributed by atoms with van der Waals surface area (Å²) >= 11 is 0. The molecule has 2 fully saturated rings. The summed E-state index contributed by atoms with van der Waals surface area (Å²) in [6, 6.07) is 8.25. The summed E-state index contributed by atoms with van der Waals surface area (Å²) in [6.07, 6.45) is 3.09. The van der Waals surface area contributed by atoms with Gasteiger partial charge in [0.15, 0.2) is 0 Å². The number of benzene rings is 2. The summed E-state index contributed by atoms with van der Waals surface area (Å²) in [6.45, 7) is 0.281. The molecule has 1 amide bonds. The minimum atomic E-state index is -0.681. The predicted molar refractivity (Wildman–Crippen MR) is 111 cm³/mol. The Morgan fingerprint density at radius 1 is 1.06 bits per heavy atom. The number of carbonyl (C=O) groups is 1. The lowest BCUT2D eigenvalue weighted by molar-refractivity contribution is -0.139. The van der Waals surface area contributed by atoms with Crippen molar-refractivity contribution in [3.8, 4) is 11.3 Å². The van der Waals surface area contributed by atoms with E-state index >= 15 is 0 Å². The van der Waals surface area contributed by atoms with Crippen LogP contribution in [0.4, 0.5) is 13.2 Å². The summed E-state index contributed by atoms with van der Waals surface area (Å²) in [7, 11) is 0. The maximum absolute atomic E-state index is 14.5. The van der Waals surface area contributed by atoms with Gasteiger partial charge in [0.25, 0.3) is 0 Å². The number of aromatic amines is 1. The molecule has 162 valence electrons. The summed E-state index contributed by atoms with van der Waals surface area (Å²) < 4.78 is 41.9. The van der Waals surface area contributed by atoms with Crippen molar-refractivity contribution in [2.24, 2.45) is 5.92 Å². The van der Waals surface area contributed by atoms with E-state index in [4.69, 9.17) is 0 Å². The zero-order chi connectivity index (χ0) is 21.7. The van der Waals surface area contributed by atoms with Crippen molar-refractivity contribution in [1.29, 1.82) is 0 Å². The number of nitrogens with zero attached hydrogens (tertiary/aromatic N) is 1. The molecule has 3 aromatic rings. The van der Waals surface area contributed by atoms with Gasteiger partial charge < -0.3 is 15.0 Å². The highest BCUT2D eigenvalue weighted by atomic mass is 19.1. The van der Waals surface area contributed by atoms with Gasteiger partial charge in [-0.15, -0.1) is 0 Å². The van der Waals surface area contributed by atoms with Crippen molar-refractivity contribution in [3.63, 3.8) is 0 Å². The Kier molecular flexibility index (Phi) is 5.01. The van der Waals surface area contributed by atoms with Crippen LogP contribution >= 0.6 is 0 Å². The number of aliphatic hydroxyl groups excluding tert-OH is 1. The van der Waals surface area contributed by atoms with Gasteiger partial charge in [-0.2, -0.15) is 0 Å². The Bertz CT molecular complexity index is 1130. The quantitative estimate of drug-likeness (QED) is 0.597. The number of fused-ring (bicyclic) bond motifs is 1. The first-order valence-corrected chi connectivity index (χ1v) is 10.6. The van der Waals surface area contributed by atoms with E-state index in [9.17, 15) is 23.1 Å². The molecule has 0 saturated heterocycles. The number of amides is 1. The molecule has 0 unspecified atom stereocenters. The maximum atomic E-state index is 14.5. The van der Waals surface area contributed by atoms with Gasteiger partial charge in [-0.3, -0.25) is 4.79 Å². The van der Waals surface area contributed by atoms with Crippen LogP contribution in [-0.4, -0.2) is 40.1 Å². The zero-order valence-corrected chi connectivity index (χ0v) is 16.9. The van der Waals surface area contributed by atoms with Crippen molar-refractivity contribution in [2.45, 2.75) is 37.6 Å². The van der Waals surface area contributed by atoms with Gasteiger partial charge in [0, 0.05) is 30.0 Å². The number of aliphatic hydroxyl groups is 1. The Morgan fingerprint density at radius 3 is 2.42 bits per heavy atom. The Labute approximate surface area is 177 Å². The number of halogens is 3. The van der Waals surface area contributed by atoms with Gasteiger partial charge in [0.05, 0.1) is 17.8 Å². The van der Waals surface area contributed by atoms with Crippen LogP contribution in [0.25, 0.3) is 22.2 Å². The van der Waals surface area contributed by atoms with E-state index < -0.39 is 11.6 Å². The molecule has 4 nitrogen and oxygen atoms in total. The van der Waals surface area contributed by atoms with Crippen molar-refractivity contribution in [3.05, 3.63) is 59.4 Å². The molecule has 1 aromatic heterocycles. The van der Waals surface area contributed by atoms with Crippen LogP contribution < -0.4 is 0 Å². The lowest BCUT2D eigenvalue weighted by Crippen LogP contribution is -2.43. The fraction of sp³-hybridized carbons (Fsp3) is 0.375. The van der Waals surface area contributed by atoms with Crippen LogP contribution in [0.3, 0.4) is 0 Å². The molecule has 2 aliphatic rings. The van der Waals surface area contributed by atoms with Crippen molar-refractivity contribution in [1.82, 2.24) is 9.88 Å². The van der Waals surface area contributed by atoms with Gasteiger partial charge >= 0.3 is 0 Å². The number of hydrogen-bond acceptors (Lipinski definition) is 2. The minimum Gasteiger partial charge on any atom is -0.395 e. The van der Waals surface area contributed by atoms with Gasteiger partial charge in [-0.25, -0.2) is 13.2 Å². The van der Waals surface area contributed by atoms with E-state index in [0.29, 0.717) is 36.0 Å². The number of hydrogen-bond donors (Lipinski definition) is 2. The summed E-state index contributed by atoms with van der Waals surface area (Å²) in [4.78, 5) is 17.8. The maximum Gasteiger partial charge on any atom is 0.226 e. The van der Waals surface area contributed by atoms with Gasteiger partial charge in [-0.1, -0.05) is 0 Å². The number of carbonyl (C=O) groups excluding carboxylic acids is 1. The van der Waals surface area contributed by atoms with Gasteiger partial charge in [0.2, 0.25) is 5.91 Å². The Balaban J connectivity index is 1.48. The molecule has 0 atom stereocenters. The van der Waals surface area contributed by atoms with Crippen LogP contribution in [0.5, 0.6) is 0 Å². The third-order valence-corrected chi connectivity index (χ3v) is 6.50. The lowest BCUT2D eigenvalue weighted by atomic mass is 9.69. The predicted octanol–water partition coefficient (Wildman–Crippen LogP) is 4.73. The second-order valence-corrected chi connectivity index (χ2v) is 8.58. The normalized spacial score (nSPS) is 20.6. The minimum absolute atomic E-state index is 0.0425. The number of nitrogens with one attached hydrogen (secondary N) is 1. The molecule has 5 rings (SSSR count). The molecule has 0 spiro atoms. The van der Waals surface area contributed by atoms with Crippen molar-refractivity contribution >= 4 is 16.8 Å². The molecule has 31 heavy (non-hydrogen) atoms. The summed E-state index contributed by atoms with van der Waals surface area (Å²) in [5.41, 5.74) is 2.29. The molecule has 2 saturated carbocycles. The molecule has 0 aliphatic heterocycles. The second-order valence-electron chi connectivity index (χ2n) is 8.58. The van der Waals surface area contributed by atoms with Gasteiger partial charge in [0.1, 0.15) is 17.5 Å². The highest BCUT2D eigenvalue weighted by molar-refractivity contribution is 5.92. The molecular formula is C24H23F3N2O2. The van der Waals surface area contributed by atoms with Crippen LogP contribution in [-0.2, 0) is 4.79 Å². The molecule has 0 radical (unpaired) electrons. The molecule has 0 bridgehead atoms. The number of rotatable bonds is 6. The Hall–Kier alpha value is -2.80. The van der Waals surface area contributed by atoms with E-state index in [1.54, 1.807) is 17.0 Å². The number of aromatic nitrogens is 1. The fourth-order valence-corrected chi connectivity index (χ4v) is 4.76. The highest BCUT2D eigenvalue weighted by Crippen LogP contribution is 2.49. The zero-order valence-electron chi connectivity index (χ0n) is 16.9.